The lowest BCUT2D eigenvalue weighted by molar-refractivity contribution is 0.0696. The lowest BCUT2D eigenvalue weighted by Crippen LogP contribution is -2.23. The first kappa shape index (κ1) is 15.5. The predicted molar refractivity (Wildman–Crippen MR) is 81.5 cm³/mol. The van der Waals surface area contributed by atoms with Gasteiger partial charge in [0.15, 0.2) is 0 Å². The number of hydrogen-bond acceptors (Lipinski definition) is 3. The van der Waals surface area contributed by atoms with Crippen LogP contribution in [0.15, 0.2) is 41.0 Å². The largest absolute Gasteiger partial charge is 0.478 e. The number of carbonyl (C=O) groups excluding carboxylic acids is 1. The summed E-state index contributed by atoms with van der Waals surface area (Å²) < 4.78 is 0.705. The van der Waals surface area contributed by atoms with Crippen LogP contribution in [0, 0.1) is 0 Å². The number of carboxylic acid groups (broad SMARTS) is 1. The SMILES string of the molecule is O=C(O)c1ccnc(CNC(=O)c2ccc(Br)c(Cl)c2)c1. The van der Waals surface area contributed by atoms with Gasteiger partial charge in [-0.2, -0.15) is 0 Å². The number of halogens is 2. The molecule has 0 unspecified atom stereocenters. The van der Waals surface area contributed by atoms with E-state index in [4.69, 9.17) is 16.7 Å². The Labute approximate surface area is 134 Å². The van der Waals surface area contributed by atoms with Gasteiger partial charge in [0.2, 0.25) is 0 Å². The number of nitrogens with one attached hydrogen (secondary N) is 1. The van der Waals surface area contributed by atoms with Gasteiger partial charge in [0.1, 0.15) is 0 Å². The van der Waals surface area contributed by atoms with Crippen LogP contribution in [-0.4, -0.2) is 22.0 Å². The highest BCUT2D eigenvalue weighted by Crippen LogP contribution is 2.23. The lowest BCUT2D eigenvalue weighted by Gasteiger charge is -2.06. The monoisotopic (exact) mass is 368 g/mol. The van der Waals surface area contributed by atoms with E-state index in [0.717, 1.165) is 0 Å². The topological polar surface area (TPSA) is 79.3 Å². The van der Waals surface area contributed by atoms with E-state index >= 15 is 0 Å². The molecule has 0 atom stereocenters. The second kappa shape index (κ2) is 6.69. The van der Waals surface area contributed by atoms with E-state index in [2.05, 4.69) is 26.2 Å². The minimum atomic E-state index is -1.04. The van der Waals surface area contributed by atoms with Gasteiger partial charge in [-0.15, -0.1) is 0 Å². The Kier molecular flexibility index (Phi) is 4.93. The highest BCUT2D eigenvalue weighted by Gasteiger charge is 2.09. The summed E-state index contributed by atoms with van der Waals surface area (Å²) in [5.74, 6) is -1.35. The van der Waals surface area contributed by atoms with Crippen molar-refractivity contribution >= 4 is 39.4 Å². The van der Waals surface area contributed by atoms with Gasteiger partial charge >= 0.3 is 5.97 Å². The van der Waals surface area contributed by atoms with Crippen LogP contribution in [-0.2, 0) is 6.54 Å². The van der Waals surface area contributed by atoms with Crippen LogP contribution < -0.4 is 5.32 Å². The molecule has 1 aromatic heterocycles. The first-order chi connectivity index (χ1) is 9.97. The molecule has 1 heterocycles. The van der Waals surface area contributed by atoms with Gasteiger partial charge in [-0.1, -0.05) is 11.6 Å². The summed E-state index contributed by atoms with van der Waals surface area (Å²) in [4.78, 5) is 26.8. The fourth-order valence-corrected chi connectivity index (χ4v) is 2.05. The zero-order valence-corrected chi connectivity index (χ0v) is 13.0. The molecule has 21 heavy (non-hydrogen) atoms. The average Bonchev–Trinajstić information content (AvgIpc) is 2.48. The number of aromatic carboxylic acids is 1. The standard InChI is InChI=1S/C14H10BrClN2O3/c15-11-2-1-8(6-12(11)16)13(19)18-7-10-5-9(14(20)21)3-4-17-10/h1-6H,7H2,(H,18,19)(H,20,21). The zero-order valence-electron chi connectivity index (χ0n) is 10.6. The van der Waals surface area contributed by atoms with Crippen molar-refractivity contribution in [3.63, 3.8) is 0 Å². The van der Waals surface area contributed by atoms with Gasteiger partial charge in [0, 0.05) is 16.2 Å². The summed E-state index contributed by atoms with van der Waals surface area (Å²) in [5, 5.41) is 12.0. The van der Waals surface area contributed by atoms with Crippen LogP contribution in [0.25, 0.3) is 0 Å². The number of carboxylic acids is 1. The molecule has 0 aliphatic carbocycles. The number of benzene rings is 1. The van der Waals surface area contributed by atoms with Crippen LogP contribution in [0.3, 0.4) is 0 Å². The van der Waals surface area contributed by atoms with E-state index in [0.29, 0.717) is 20.8 Å². The van der Waals surface area contributed by atoms with Gasteiger partial charge in [-0.05, 0) is 46.3 Å². The van der Waals surface area contributed by atoms with Gasteiger partial charge < -0.3 is 10.4 Å². The Morgan fingerprint density at radius 1 is 1.24 bits per heavy atom. The molecule has 2 rings (SSSR count). The molecule has 108 valence electrons. The molecule has 0 radical (unpaired) electrons. The molecule has 0 saturated carbocycles. The number of pyridine rings is 1. The van der Waals surface area contributed by atoms with Crippen molar-refractivity contribution in [3.8, 4) is 0 Å². The number of hydrogen-bond donors (Lipinski definition) is 2. The molecule has 0 fully saturated rings. The molecule has 2 aromatic rings. The molecular weight excluding hydrogens is 360 g/mol. The number of rotatable bonds is 4. The fraction of sp³-hybridized carbons (Fsp3) is 0.0714. The van der Waals surface area contributed by atoms with Crippen molar-refractivity contribution in [2.75, 3.05) is 0 Å². The lowest BCUT2D eigenvalue weighted by atomic mass is 10.2. The average molecular weight is 370 g/mol. The fourth-order valence-electron chi connectivity index (χ4n) is 1.62. The maximum Gasteiger partial charge on any atom is 0.335 e. The Morgan fingerprint density at radius 2 is 2.00 bits per heavy atom. The van der Waals surface area contributed by atoms with Crippen molar-refractivity contribution in [2.24, 2.45) is 0 Å². The van der Waals surface area contributed by atoms with Crippen LogP contribution in [0.2, 0.25) is 5.02 Å². The maximum absolute atomic E-state index is 12.0. The highest BCUT2D eigenvalue weighted by molar-refractivity contribution is 9.10. The van der Waals surface area contributed by atoms with Gasteiger partial charge in [0.05, 0.1) is 22.8 Å². The Morgan fingerprint density at radius 3 is 2.67 bits per heavy atom. The Bertz CT molecular complexity index is 706. The van der Waals surface area contributed by atoms with Crippen LogP contribution in [0.1, 0.15) is 26.4 Å². The van der Waals surface area contributed by atoms with E-state index in [1.807, 2.05) is 0 Å². The highest BCUT2D eigenvalue weighted by atomic mass is 79.9. The minimum absolute atomic E-state index is 0.126. The molecule has 0 saturated heterocycles. The smallest absolute Gasteiger partial charge is 0.335 e. The van der Waals surface area contributed by atoms with Gasteiger partial charge in [0.25, 0.3) is 5.91 Å². The van der Waals surface area contributed by atoms with E-state index in [-0.39, 0.29) is 18.0 Å². The number of carbonyl (C=O) groups is 2. The van der Waals surface area contributed by atoms with Crippen LogP contribution in [0.4, 0.5) is 0 Å². The van der Waals surface area contributed by atoms with Crippen molar-refractivity contribution < 1.29 is 14.7 Å². The first-order valence-corrected chi connectivity index (χ1v) is 7.06. The molecule has 0 bridgehead atoms. The molecule has 0 aliphatic rings. The molecular formula is C14H10BrClN2O3. The van der Waals surface area contributed by atoms with Gasteiger partial charge in [-0.3, -0.25) is 9.78 Å². The third-order valence-corrected chi connectivity index (χ3v) is 3.91. The first-order valence-electron chi connectivity index (χ1n) is 5.89. The van der Waals surface area contributed by atoms with E-state index in [1.54, 1.807) is 18.2 Å². The summed E-state index contributed by atoms with van der Waals surface area (Å²) >= 11 is 9.17. The Balaban J connectivity index is 2.05. The van der Waals surface area contributed by atoms with Gasteiger partial charge in [-0.25, -0.2) is 4.79 Å². The van der Waals surface area contributed by atoms with E-state index < -0.39 is 5.97 Å². The molecule has 7 heteroatoms. The third-order valence-electron chi connectivity index (χ3n) is 2.68. The maximum atomic E-state index is 12.0. The van der Waals surface area contributed by atoms with Crippen molar-refractivity contribution in [1.29, 1.82) is 0 Å². The second-order valence-electron chi connectivity index (χ2n) is 4.15. The number of nitrogens with zero attached hydrogens (tertiary/aromatic N) is 1. The molecule has 1 amide bonds. The molecule has 5 nitrogen and oxygen atoms in total. The normalized spacial score (nSPS) is 10.2. The summed E-state index contributed by atoms with van der Waals surface area (Å²) in [5.41, 5.74) is 1.00. The summed E-state index contributed by atoms with van der Waals surface area (Å²) in [6.07, 6.45) is 1.39. The predicted octanol–water partition coefficient (Wildman–Crippen LogP) is 3.13. The third kappa shape index (κ3) is 4.03. The summed E-state index contributed by atoms with van der Waals surface area (Å²) in [7, 11) is 0. The summed E-state index contributed by atoms with van der Waals surface area (Å²) in [6, 6.07) is 7.66. The number of amides is 1. The second-order valence-corrected chi connectivity index (χ2v) is 5.41. The molecule has 0 spiro atoms. The summed E-state index contributed by atoms with van der Waals surface area (Å²) in [6.45, 7) is 0.133. The quantitative estimate of drug-likeness (QED) is 0.868. The van der Waals surface area contributed by atoms with Crippen LogP contribution in [0.5, 0.6) is 0 Å². The molecule has 0 aliphatic heterocycles. The molecule has 1 aromatic carbocycles. The van der Waals surface area contributed by atoms with Crippen molar-refractivity contribution in [2.45, 2.75) is 6.54 Å². The van der Waals surface area contributed by atoms with Crippen molar-refractivity contribution in [3.05, 3.63) is 62.8 Å². The van der Waals surface area contributed by atoms with E-state index in [9.17, 15) is 9.59 Å². The van der Waals surface area contributed by atoms with E-state index in [1.165, 1.54) is 18.3 Å². The van der Waals surface area contributed by atoms with Crippen molar-refractivity contribution in [1.82, 2.24) is 10.3 Å². The molecule has 2 N–H and O–H groups in total. The Hall–Kier alpha value is -1.92. The van der Waals surface area contributed by atoms with Crippen LogP contribution >= 0.6 is 27.5 Å². The minimum Gasteiger partial charge on any atom is -0.478 e. The zero-order chi connectivity index (χ0) is 15.4. The number of aromatic nitrogens is 1.